The van der Waals surface area contributed by atoms with Gasteiger partial charge in [-0.05, 0) is 65.6 Å². The number of nitrogens with one attached hydrogen (secondary N) is 1. The first kappa shape index (κ1) is 21.7. The van der Waals surface area contributed by atoms with E-state index in [1.165, 1.54) is 5.56 Å². The highest BCUT2D eigenvalue weighted by molar-refractivity contribution is 6.31. The highest BCUT2D eigenvalue weighted by atomic mass is 35.5. The van der Waals surface area contributed by atoms with Gasteiger partial charge in [0.05, 0.1) is 17.1 Å². The fraction of sp³-hybridized carbons (Fsp3) is 0.111. The van der Waals surface area contributed by atoms with Gasteiger partial charge in [-0.25, -0.2) is 0 Å². The van der Waals surface area contributed by atoms with Gasteiger partial charge in [0.25, 0.3) is 0 Å². The van der Waals surface area contributed by atoms with Crippen LogP contribution < -0.4 is 11.1 Å². The predicted molar refractivity (Wildman–Crippen MR) is 138 cm³/mol. The van der Waals surface area contributed by atoms with E-state index in [0.29, 0.717) is 10.0 Å². The molecule has 2 aromatic heterocycles. The smallest absolute Gasteiger partial charge is 0.0737 e. The molecule has 3 N–H and O–H groups in total. The monoisotopic (exact) mass is 472 g/mol. The summed E-state index contributed by atoms with van der Waals surface area (Å²) in [7, 11) is 0. The van der Waals surface area contributed by atoms with Gasteiger partial charge in [0, 0.05) is 45.4 Å². The Kier molecular flexibility index (Phi) is 6.14. The molecule has 0 bridgehead atoms. The normalized spacial score (nSPS) is 12.2. The largest absolute Gasteiger partial charge is 0.384 e. The Labute approximate surface area is 202 Å². The zero-order valence-corrected chi connectivity index (χ0v) is 19.3. The fourth-order valence-corrected chi connectivity index (χ4v) is 4.44. The molecule has 1 unspecified atom stereocenters. The second kappa shape index (κ2) is 9.36. The lowest BCUT2D eigenvalue weighted by Gasteiger charge is -2.16. The van der Waals surface area contributed by atoms with E-state index in [-0.39, 0.29) is 6.04 Å². The summed E-state index contributed by atoms with van der Waals surface area (Å²) in [5.74, 6) is 0. The molecule has 0 fully saturated rings. The minimum absolute atomic E-state index is 0.237. The highest BCUT2D eigenvalue weighted by Crippen LogP contribution is 2.28. The Balaban J connectivity index is 1.28. The number of nitrogens with two attached hydrogens (primary N) is 1. The number of aromatic nitrogens is 2. The van der Waals surface area contributed by atoms with Crippen molar-refractivity contribution in [3.63, 3.8) is 0 Å². The van der Waals surface area contributed by atoms with Crippen molar-refractivity contribution in [2.45, 2.75) is 12.5 Å². The minimum Gasteiger partial charge on any atom is -0.384 e. The Hall–Kier alpha value is -3.18. The van der Waals surface area contributed by atoms with Crippen molar-refractivity contribution in [1.82, 2.24) is 9.97 Å². The number of nitrogens with zero attached hydrogens (tertiary/aromatic N) is 2. The molecule has 4 nitrogen and oxygen atoms in total. The van der Waals surface area contributed by atoms with Gasteiger partial charge in [-0.15, -0.1) is 0 Å². The van der Waals surface area contributed by atoms with Crippen molar-refractivity contribution in [2.24, 2.45) is 5.73 Å². The number of hydrogen-bond acceptors (Lipinski definition) is 4. The Bertz CT molecular complexity index is 1430. The van der Waals surface area contributed by atoms with Crippen LogP contribution in [0.25, 0.3) is 21.8 Å². The molecule has 33 heavy (non-hydrogen) atoms. The quantitative estimate of drug-likeness (QED) is 0.285. The van der Waals surface area contributed by atoms with Gasteiger partial charge < -0.3 is 11.1 Å². The lowest BCUT2D eigenvalue weighted by Crippen LogP contribution is -2.13. The number of hydrogen-bond donors (Lipinski definition) is 2. The van der Waals surface area contributed by atoms with Crippen molar-refractivity contribution in [3.05, 3.63) is 112 Å². The molecule has 5 rings (SSSR count). The second-order valence-electron chi connectivity index (χ2n) is 7.98. The van der Waals surface area contributed by atoms with Gasteiger partial charge in [0.15, 0.2) is 0 Å². The number of rotatable bonds is 6. The van der Waals surface area contributed by atoms with Gasteiger partial charge in [-0.3, -0.25) is 9.97 Å². The first-order chi connectivity index (χ1) is 16.1. The SMILES string of the molecule is NC(c1ccc(CCNc2ccnc3cc(Cl)ccc23)cc1)c1ccnc2cc(Cl)ccc12. The van der Waals surface area contributed by atoms with Crippen LogP contribution in [0.1, 0.15) is 22.7 Å². The maximum Gasteiger partial charge on any atom is 0.0737 e. The third-order valence-electron chi connectivity index (χ3n) is 5.85. The highest BCUT2D eigenvalue weighted by Gasteiger charge is 2.13. The molecule has 0 saturated carbocycles. The first-order valence-electron chi connectivity index (χ1n) is 10.8. The molecule has 0 amide bonds. The molecule has 5 aromatic rings. The first-order valence-corrected chi connectivity index (χ1v) is 11.5. The number of pyridine rings is 2. The van der Waals surface area contributed by atoms with Crippen LogP contribution in [0.2, 0.25) is 10.0 Å². The summed E-state index contributed by atoms with van der Waals surface area (Å²) in [6, 6.07) is 23.7. The number of benzene rings is 3. The third-order valence-corrected chi connectivity index (χ3v) is 6.32. The van der Waals surface area contributed by atoms with Crippen LogP contribution in [0.4, 0.5) is 5.69 Å². The summed E-state index contributed by atoms with van der Waals surface area (Å²) in [6.45, 7) is 0.808. The van der Waals surface area contributed by atoms with E-state index in [1.807, 2.05) is 48.5 Å². The molecule has 2 heterocycles. The van der Waals surface area contributed by atoms with E-state index in [2.05, 4.69) is 39.6 Å². The van der Waals surface area contributed by atoms with Crippen molar-refractivity contribution >= 4 is 50.7 Å². The zero-order valence-electron chi connectivity index (χ0n) is 17.8. The Morgan fingerprint density at radius 1 is 0.758 bits per heavy atom. The van der Waals surface area contributed by atoms with Crippen LogP contribution in [0.5, 0.6) is 0 Å². The van der Waals surface area contributed by atoms with Gasteiger partial charge in [0.1, 0.15) is 0 Å². The average Bonchev–Trinajstić information content (AvgIpc) is 2.83. The number of fused-ring (bicyclic) bond motifs is 2. The molecule has 164 valence electrons. The summed E-state index contributed by atoms with van der Waals surface area (Å²) < 4.78 is 0. The van der Waals surface area contributed by atoms with E-state index < -0.39 is 0 Å². The van der Waals surface area contributed by atoms with Gasteiger partial charge >= 0.3 is 0 Å². The molecule has 0 radical (unpaired) electrons. The molecular formula is C27H22Cl2N4. The molecule has 0 aliphatic rings. The maximum absolute atomic E-state index is 6.62. The van der Waals surface area contributed by atoms with Crippen LogP contribution >= 0.6 is 23.2 Å². The Morgan fingerprint density at radius 2 is 1.39 bits per heavy atom. The summed E-state index contributed by atoms with van der Waals surface area (Å²) in [4.78, 5) is 8.81. The summed E-state index contributed by atoms with van der Waals surface area (Å²) in [5, 5.41) is 6.96. The summed E-state index contributed by atoms with van der Waals surface area (Å²) in [6.07, 6.45) is 4.47. The van der Waals surface area contributed by atoms with Crippen LogP contribution in [0.15, 0.2) is 85.2 Å². The van der Waals surface area contributed by atoms with Gasteiger partial charge in [0.2, 0.25) is 0 Å². The van der Waals surface area contributed by atoms with Crippen LogP contribution in [0, 0.1) is 0 Å². The summed E-state index contributed by atoms with van der Waals surface area (Å²) >= 11 is 12.2. The molecule has 0 saturated heterocycles. The molecule has 0 aliphatic carbocycles. The lowest BCUT2D eigenvalue weighted by molar-refractivity contribution is 0.876. The van der Waals surface area contributed by atoms with Crippen LogP contribution in [0.3, 0.4) is 0 Å². The minimum atomic E-state index is -0.237. The van der Waals surface area contributed by atoms with E-state index in [0.717, 1.165) is 51.6 Å². The fourth-order valence-electron chi connectivity index (χ4n) is 4.10. The van der Waals surface area contributed by atoms with Crippen molar-refractivity contribution in [3.8, 4) is 0 Å². The molecule has 0 spiro atoms. The second-order valence-corrected chi connectivity index (χ2v) is 8.85. The van der Waals surface area contributed by atoms with Crippen molar-refractivity contribution in [2.75, 3.05) is 11.9 Å². The van der Waals surface area contributed by atoms with E-state index in [9.17, 15) is 0 Å². The van der Waals surface area contributed by atoms with Crippen molar-refractivity contribution < 1.29 is 0 Å². The topological polar surface area (TPSA) is 63.8 Å². The molecule has 0 aliphatic heterocycles. The average molecular weight is 473 g/mol. The molecule has 6 heteroatoms. The maximum atomic E-state index is 6.62. The van der Waals surface area contributed by atoms with Crippen LogP contribution in [-0.2, 0) is 6.42 Å². The molecule has 1 atom stereocenters. The van der Waals surface area contributed by atoms with E-state index in [4.69, 9.17) is 28.9 Å². The van der Waals surface area contributed by atoms with Crippen LogP contribution in [-0.4, -0.2) is 16.5 Å². The number of halogens is 2. The standard InChI is InChI=1S/C27H22Cl2N4/c28-19-5-7-21-22(10-13-32-25(21)15-19)27(30)18-3-1-17(2-4-18)9-12-31-24-11-14-33-26-16-20(29)6-8-23(24)26/h1-8,10-11,13-16,27H,9,12,30H2,(H,31,33). The van der Waals surface area contributed by atoms with Gasteiger partial charge in [-0.1, -0.05) is 53.5 Å². The zero-order chi connectivity index (χ0) is 22.8. The molecule has 3 aromatic carbocycles. The lowest BCUT2D eigenvalue weighted by atomic mass is 9.95. The van der Waals surface area contributed by atoms with E-state index in [1.54, 1.807) is 12.4 Å². The van der Waals surface area contributed by atoms with Crippen molar-refractivity contribution in [1.29, 1.82) is 0 Å². The number of anilines is 1. The Morgan fingerprint density at radius 3 is 2.12 bits per heavy atom. The third kappa shape index (κ3) is 4.64. The predicted octanol–water partition coefficient (Wildman–Crippen LogP) is 6.79. The van der Waals surface area contributed by atoms with E-state index >= 15 is 0 Å². The van der Waals surface area contributed by atoms with Gasteiger partial charge in [-0.2, -0.15) is 0 Å². The molecular weight excluding hydrogens is 451 g/mol. The summed E-state index contributed by atoms with van der Waals surface area (Å²) in [5.41, 5.74) is 12.8.